The Hall–Kier alpha value is -3.43. The number of halogens is 3. The molecule has 1 amide bonds. The summed E-state index contributed by atoms with van der Waals surface area (Å²) >= 11 is 13.1. The molecule has 11 heteroatoms. The number of piperazine rings is 1. The minimum Gasteiger partial charge on any atom is -0.368 e. The zero-order valence-electron chi connectivity index (χ0n) is 21.2. The van der Waals surface area contributed by atoms with Crippen molar-refractivity contribution in [3.8, 4) is 0 Å². The molecule has 2 atom stereocenters. The van der Waals surface area contributed by atoms with E-state index in [4.69, 9.17) is 23.2 Å². The van der Waals surface area contributed by atoms with Gasteiger partial charge in [0.2, 0.25) is 5.91 Å². The fraction of sp³-hybridized carbons (Fsp3) is 0.357. The van der Waals surface area contributed by atoms with Crippen LogP contribution in [0.5, 0.6) is 0 Å². The van der Waals surface area contributed by atoms with Gasteiger partial charge in [-0.3, -0.25) is 14.4 Å². The maximum Gasteiger partial charge on any atom is 0.276 e. The Labute approximate surface area is 234 Å². The van der Waals surface area contributed by atoms with E-state index in [2.05, 4.69) is 9.89 Å². The summed E-state index contributed by atoms with van der Waals surface area (Å²) in [7, 11) is 0. The van der Waals surface area contributed by atoms with Crippen molar-refractivity contribution in [3.05, 3.63) is 80.3 Å². The molecular weight excluding hydrogens is 544 g/mol. The molecule has 2 fully saturated rings. The van der Waals surface area contributed by atoms with Crippen LogP contribution in [0.3, 0.4) is 0 Å². The van der Waals surface area contributed by atoms with Gasteiger partial charge in [0.15, 0.2) is 5.82 Å². The number of benzene rings is 2. The first-order chi connectivity index (χ1) is 18.7. The van der Waals surface area contributed by atoms with Crippen molar-refractivity contribution >= 4 is 52.2 Å². The molecule has 2 aliphatic heterocycles. The normalized spacial score (nSPS) is 21.0. The molecule has 2 unspecified atom stereocenters. The van der Waals surface area contributed by atoms with Gasteiger partial charge in [0.05, 0.1) is 16.1 Å². The lowest BCUT2D eigenvalue weighted by Gasteiger charge is -2.40. The number of hydrogen-bond acceptors (Lipinski definition) is 5. The zero-order valence-corrected chi connectivity index (χ0v) is 22.7. The Balaban J connectivity index is 1.38. The number of fused-ring (bicyclic) bond motifs is 1. The maximum absolute atomic E-state index is 14.2. The molecule has 1 saturated carbocycles. The molecule has 3 aromatic rings. The molecule has 1 saturated heterocycles. The summed E-state index contributed by atoms with van der Waals surface area (Å²) in [5.41, 5.74) is 1.47. The van der Waals surface area contributed by atoms with Crippen molar-refractivity contribution < 1.29 is 14.0 Å². The van der Waals surface area contributed by atoms with E-state index in [0.717, 1.165) is 23.2 Å². The molecule has 1 aliphatic carbocycles. The molecular formula is C28H26Cl2FN5O3. The monoisotopic (exact) mass is 569 g/mol. The number of anilines is 1. The first-order valence-corrected chi connectivity index (χ1v) is 13.7. The van der Waals surface area contributed by atoms with Gasteiger partial charge >= 0.3 is 0 Å². The van der Waals surface area contributed by atoms with Crippen LogP contribution in [0.2, 0.25) is 10.0 Å². The van der Waals surface area contributed by atoms with Crippen LogP contribution in [-0.4, -0.2) is 58.0 Å². The van der Waals surface area contributed by atoms with E-state index in [1.807, 2.05) is 0 Å². The summed E-state index contributed by atoms with van der Waals surface area (Å²) < 4.78 is 16.0. The molecule has 3 aliphatic rings. The van der Waals surface area contributed by atoms with Gasteiger partial charge in [-0.05, 0) is 55.7 Å². The van der Waals surface area contributed by atoms with Crippen molar-refractivity contribution in [2.75, 3.05) is 31.1 Å². The van der Waals surface area contributed by atoms with Crippen LogP contribution in [0, 0.1) is 17.7 Å². The van der Waals surface area contributed by atoms with Crippen LogP contribution in [0.4, 0.5) is 15.9 Å². The van der Waals surface area contributed by atoms with Crippen molar-refractivity contribution in [1.29, 1.82) is 0 Å². The molecule has 0 radical (unpaired) electrons. The third-order valence-corrected chi connectivity index (χ3v) is 8.55. The number of nitrogens with zero attached hydrogens (tertiary/aromatic N) is 5. The SMILES string of the molecule is CC1=Nc2cc(=O)n(C(=O)C3CC3)n2C(c2cccc(Cl)c2Cl)C1C(=O)N1CCN(c2ccc(F)cc2)CC1. The second-order valence-corrected chi connectivity index (χ2v) is 11.0. The number of hydrogen-bond donors (Lipinski definition) is 0. The summed E-state index contributed by atoms with van der Waals surface area (Å²) in [5, 5.41) is 0.569. The highest BCUT2D eigenvalue weighted by Gasteiger charge is 2.44. The van der Waals surface area contributed by atoms with Gasteiger partial charge in [-0.15, -0.1) is 0 Å². The Morgan fingerprint density at radius 2 is 1.67 bits per heavy atom. The van der Waals surface area contributed by atoms with Crippen molar-refractivity contribution in [2.24, 2.45) is 16.8 Å². The minimum atomic E-state index is -0.809. The Morgan fingerprint density at radius 3 is 2.33 bits per heavy atom. The van der Waals surface area contributed by atoms with E-state index in [9.17, 15) is 18.8 Å². The second kappa shape index (κ2) is 9.95. The standard InChI is InChI=1S/C28H26Cl2FN5O3/c1-16-24(28(39)34-13-11-33(12-14-34)19-9-7-18(31)8-10-19)26(20-3-2-4-21(29)25(20)30)35-22(32-16)15-23(37)36(35)27(38)17-5-6-17/h2-4,7-10,15,17,24,26H,5-6,11-14H2,1H3. The predicted molar refractivity (Wildman–Crippen MR) is 148 cm³/mol. The molecule has 202 valence electrons. The van der Waals surface area contributed by atoms with Crippen molar-refractivity contribution in [3.63, 3.8) is 0 Å². The van der Waals surface area contributed by atoms with Crippen LogP contribution in [0.1, 0.15) is 36.2 Å². The molecule has 3 heterocycles. The largest absolute Gasteiger partial charge is 0.368 e. The predicted octanol–water partition coefficient (Wildman–Crippen LogP) is 4.81. The fourth-order valence-corrected chi connectivity index (χ4v) is 5.96. The van der Waals surface area contributed by atoms with Crippen molar-refractivity contribution in [1.82, 2.24) is 14.3 Å². The number of aliphatic imine (C=N–C) groups is 1. The topological polar surface area (TPSA) is 79.9 Å². The van der Waals surface area contributed by atoms with E-state index in [-0.39, 0.29) is 28.6 Å². The first kappa shape index (κ1) is 25.8. The molecule has 0 N–H and O–H groups in total. The average molecular weight is 570 g/mol. The van der Waals surface area contributed by atoms with Crippen LogP contribution < -0.4 is 10.5 Å². The minimum absolute atomic E-state index is 0.173. The van der Waals surface area contributed by atoms with Gasteiger partial charge in [0.25, 0.3) is 11.5 Å². The molecule has 0 spiro atoms. The van der Waals surface area contributed by atoms with E-state index in [1.54, 1.807) is 42.2 Å². The third kappa shape index (κ3) is 4.57. The van der Waals surface area contributed by atoms with Crippen LogP contribution in [0.15, 0.2) is 58.3 Å². The lowest BCUT2D eigenvalue weighted by molar-refractivity contribution is -0.134. The number of rotatable bonds is 4. The van der Waals surface area contributed by atoms with Crippen molar-refractivity contribution in [2.45, 2.75) is 25.8 Å². The summed E-state index contributed by atoms with van der Waals surface area (Å²) in [6.45, 7) is 3.80. The molecule has 6 rings (SSSR count). The van der Waals surface area contributed by atoms with E-state index in [1.165, 1.54) is 22.9 Å². The van der Waals surface area contributed by atoms with E-state index in [0.29, 0.717) is 48.3 Å². The Morgan fingerprint density at radius 1 is 0.974 bits per heavy atom. The summed E-state index contributed by atoms with van der Waals surface area (Å²) in [4.78, 5) is 49.0. The highest BCUT2D eigenvalue weighted by Crippen LogP contribution is 2.42. The van der Waals surface area contributed by atoms with Crippen LogP contribution >= 0.6 is 23.2 Å². The van der Waals surface area contributed by atoms with Crippen LogP contribution in [0.25, 0.3) is 0 Å². The molecule has 0 bridgehead atoms. The number of carbonyl (C=O) groups is 2. The van der Waals surface area contributed by atoms with Gasteiger partial charge in [0.1, 0.15) is 11.7 Å². The Kier molecular flexibility index (Phi) is 6.59. The van der Waals surface area contributed by atoms with Gasteiger partial charge in [0, 0.05) is 49.6 Å². The second-order valence-electron chi connectivity index (χ2n) is 10.2. The van der Waals surface area contributed by atoms with Gasteiger partial charge < -0.3 is 9.80 Å². The fourth-order valence-electron chi connectivity index (χ4n) is 5.54. The maximum atomic E-state index is 14.2. The lowest BCUT2D eigenvalue weighted by atomic mass is 9.86. The molecule has 8 nitrogen and oxygen atoms in total. The molecule has 1 aromatic heterocycles. The van der Waals surface area contributed by atoms with Gasteiger partial charge in [-0.25, -0.2) is 14.1 Å². The number of amides is 1. The average Bonchev–Trinajstić information content (AvgIpc) is 3.72. The summed E-state index contributed by atoms with van der Waals surface area (Å²) in [6, 6.07) is 12.0. The number of aromatic nitrogens is 2. The highest BCUT2D eigenvalue weighted by molar-refractivity contribution is 6.42. The molecule has 39 heavy (non-hydrogen) atoms. The Bertz CT molecular complexity index is 1550. The quantitative estimate of drug-likeness (QED) is 0.451. The smallest absolute Gasteiger partial charge is 0.276 e. The number of carbonyl (C=O) groups excluding carboxylic acids is 2. The summed E-state index contributed by atoms with van der Waals surface area (Å²) in [6.07, 6.45) is 1.44. The van der Waals surface area contributed by atoms with E-state index < -0.39 is 17.5 Å². The summed E-state index contributed by atoms with van der Waals surface area (Å²) in [5.74, 6) is -1.50. The molecule has 2 aromatic carbocycles. The zero-order chi connectivity index (χ0) is 27.4. The van der Waals surface area contributed by atoms with E-state index >= 15 is 0 Å². The van der Waals surface area contributed by atoms with Crippen LogP contribution in [-0.2, 0) is 4.79 Å². The van der Waals surface area contributed by atoms with Gasteiger partial charge in [-0.2, -0.15) is 4.68 Å². The lowest BCUT2D eigenvalue weighted by Crippen LogP contribution is -2.53. The first-order valence-electron chi connectivity index (χ1n) is 12.9. The van der Waals surface area contributed by atoms with Gasteiger partial charge in [-0.1, -0.05) is 35.3 Å². The third-order valence-electron chi connectivity index (χ3n) is 7.72. The highest BCUT2D eigenvalue weighted by atomic mass is 35.5.